The predicted molar refractivity (Wildman–Crippen MR) is 66.9 cm³/mol. The molecule has 0 atom stereocenters. The van der Waals surface area contributed by atoms with Crippen LogP contribution in [0.3, 0.4) is 0 Å². The second-order valence-corrected chi connectivity index (χ2v) is 3.91. The number of hydrogen-bond acceptors (Lipinski definition) is 3. The van der Waals surface area contributed by atoms with E-state index in [1.54, 1.807) is 0 Å². The van der Waals surface area contributed by atoms with Crippen molar-refractivity contribution in [1.29, 1.82) is 0 Å². The average Bonchev–Trinajstić information content (AvgIpc) is 2.61. The molecule has 0 amide bonds. The third-order valence-corrected chi connectivity index (χ3v) is 2.81. The van der Waals surface area contributed by atoms with Crippen molar-refractivity contribution in [2.75, 3.05) is 13.2 Å². The molecular weight excluding hydrogens is 200 g/mol. The number of aromatic nitrogens is 1. The van der Waals surface area contributed by atoms with Gasteiger partial charge in [-0.3, -0.25) is 5.84 Å². The van der Waals surface area contributed by atoms with Gasteiger partial charge in [-0.1, -0.05) is 18.2 Å². The summed E-state index contributed by atoms with van der Waals surface area (Å²) in [6.45, 7) is 3.69. The molecule has 0 aliphatic rings. The van der Waals surface area contributed by atoms with Gasteiger partial charge >= 0.3 is 0 Å². The second kappa shape index (κ2) is 5.12. The van der Waals surface area contributed by atoms with E-state index in [0.29, 0.717) is 6.67 Å². The Morgan fingerprint density at radius 2 is 2.12 bits per heavy atom. The molecule has 4 nitrogen and oxygen atoms in total. The van der Waals surface area contributed by atoms with E-state index in [4.69, 9.17) is 5.84 Å². The SMILES string of the molecule is Cc1[nH]c2ccccc2c1CCNCNN. The summed E-state index contributed by atoms with van der Waals surface area (Å²) in [7, 11) is 0. The van der Waals surface area contributed by atoms with Crippen LogP contribution in [0, 0.1) is 6.92 Å². The van der Waals surface area contributed by atoms with Gasteiger partial charge in [-0.25, -0.2) is 5.43 Å². The normalized spacial score (nSPS) is 11.1. The lowest BCUT2D eigenvalue weighted by atomic mass is 10.1. The molecule has 2 rings (SSSR count). The van der Waals surface area contributed by atoms with E-state index in [-0.39, 0.29) is 0 Å². The lowest BCUT2D eigenvalue weighted by Gasteiger charge is -2.04. The zero-order valence-corrected chi connectivity index (χ0v) is 9.51. The predicted octanol–water partition coefficient (Wildman–Crippen LogP) is 1.03. The Labute approximate surface area is 95.2 Å². The van der Waals surface area contributed by atoms with Crippen LogP contribution in [0.1, 0.15) is 11.3 Å². The van der Waals surface area contributed by atoms with Gasteiger partial charge in [0.05, 0.1) is 6.67 Å². The molecule has 0 radical (unpaired) electrons. The second-order valence-electron chi connectivity index (χ2n) is 3.91. The van der Waals surface area contributed by atoms with Crippen LogP contribution in [0.2, 0.25) is 0 Å². The topological polar surface area (TPSA) is 65.9 Å². The van der Waals surface area contributed by atoms with Gasteiger partial charge in [0, 0.05) is 23.1 Å². The number of benzene rings is 1. The molecule has 0 saturated carbocycles. The van der Waals surface area contributed by atoms with Crippen LogP contribution in [0.5, 0.6) is 0 Å². The lowest BCUT2D eigenvalue weighted by molar-refractivity contribution is 0.602. The van der Waals surface area contributed by atoms with Gasteiger partial charge in [0.1, 0.15) is 0 Å². The summed E-state index contributed by atoms with van der Waals surface area (Å²) in [5, 5.41) is 4.54. The molecule has 0 fully saturated rings. The lowest BCUT2D eigenvalue weighted by Crippen LogP contribution is -2.34. The molecule has 2 aromatic rings. The number of hydrazine groups is 1. The Morgan fingerprint density at radius 1 is 1.31 bits per heavy atom. The van der Waals surface area contributed by atoms with Gasteiger partial charge in [0.2, 0.25) is 0 Å². The molecule has 0 unspecified atom stereocenters. The molecule has 1 heterocycles. The third-order valence-electron chi connectivity index (χ3n) is 2.81. The Bertz CT molecular complexity index is 461. The largest absolute Gasteiger partial charge is 0.358 e. The van der Waals surface area contributed by atoms with Crippen molar-refractivity contribution in [3.05, 3.63) is 35.5 Å². The summed E-state index contributed by atoms with van der Waals surface area (Å²) >= 11 is 0. The summed E-state index contributed by atoms with van der Waals surface area (Å²) in [5.41, 5.74) is 6.44. The van der Waals surface area contributed by atoms with Crippen molar-refractivity contribution >= 4 is 10.9 Å². The van der Waals surface area contributed by atoms with Crippen LogP contribution in [0.15, 0.2) is 24.3 Å². The molecular formula is C12H18N4. The summed E-state index contributed by atoms with van der Waals surface area (Å²) in [6.07, 6.45) is 1.01. The molecule has 0 aliphatic heterocycles. The van der Waals surface area contributed by atoms with Crippen LogP contribution in [-0.2, 0) is 6.42 Å². The molecule has 1 aromatic carbocycles. The van der Waals surface area contributed by atoms with Gasteiger partial charge in [-0.15, -0.1) is 0 Å². The number of nitrogens with one attached hydrogen (secondary N) is 3. The maximum absolute atomic E-state index is 5.19. The number of rotatable bonds is 5. The molecule has 0 saturated heterocycles. The number of aromatic amines is 1. The van der Waals surface area contributed by atoms with Crippen molar-refractivity contribution in [3.8, 4) is 0 Å². The maximum Gasteiger partial charge on any atom is 0.0587 e. The highest BCUT2D eigenvalue weighted by Gasteiger charge is 2.06. The standard InChI is InChI=1S/C12H18N4/c1-9-10(6-7-14-8-15-13)11-4-2-3-5-12(11)16-9/h2-5,14-16H,6-8,13H2,1H3. The highest BCUT2D eigenvalue weighted by atomic mass is 15.3. The summed E-state index contributed by atoms with van der Waals surface area (Å²) in [6, 6.07) is 8.41. The first-order valence-electron chi connectivity index (χ1n) is 5.53. The average molecular weight is 218 g/mol. The first kappa shape index (κ1) is 11.1. The van der Waals surface area contributed by atoms with Crippen LogP contribution in [-0.4, -0.2) is 18.2 Å². The minimum atomic E-state index is 0.640. The van der Waals surface area contributed by atoms with E-state index < -0.39 is 0 Å². The molecule has 16 heavy (non-hydrogen) atoms. The van der Waals surface area contributed by atoms with Gasteiger partial charge in [-0.05, 0) is 25.0 Å². The van der Waals surface area contributed by atoms with Crippen LogP contribution in [0.25, 0.3) is 10.9 Å². The molecule has 0 bridgehead atoms. The van der Waals surface area contributed by atoms with Crippen molar-refractivity contribution in [3.63, 3.8) is 0 Å². The van der Waals surface area contributed by atoms with E-state index >= 15 is 0 Å². The number of H-pyrrole nitrogens is 1. The third kappa shape index (κ3) is 2.24. The quantitative estimate of drug-likeness (QED) is 0.262. The van der Waals surface area contributed by atoms with Crippen LogP contribution >= 0.6 is 0 Å². The molecule has 1 aromatic heterocycles. The molecule has 0 spiro atoms. The number of hydrogen-bond donors (Lipinski definition) is 4. The smallest absolute Gasteiger partial charge is 0.0587 e. The zero-order valence-electron chi connectivity index (χ0n) is 9.51. The molecule has 5 N–H and O–H groups in total. The number of para-hydroxylation sites is 1. The van der Waals surface area contributed by atoms with Gasteiger partial charge < -0.3 is 10.3 Å². The number of aryl methyl sites for hydroxylation is 1. The molecule has 86 valence electrons. The Kier molecular flexibility index (Phi) is 3.56. The molecule has 0 aliphatic carbocycles. The first-order valence-corrected chi connectivity index (χ1v) is 5.53. The Morgan fingerprint density at radius 3 is 2.94 bits per heavy atom. The fraction of sp³-hybridized carbons (Fsp3) is 0.333. The monoisotopic (exact) mass is 218 g/mol. The van der Waals surface area contributed by atoms with Crippen molar-refractivity contribution in [2.24, 2.45) is 5.84 Å². The highest BCUT2D eigenvalue weighted by molar-refractivity contribution is 5.84. The van der Waals surface area contributed by atoms with E-state index in [1.807, 2.05) is 0 Å². The van der Waals surface area contributed by atoms with E-state index in [1.165, 1.54) is 22.2 Å². The minimum Gasteiger partial charge on any atom is -0.358 e. The fourth-order valence-corrected chi connectivity index (χ4v) is 2.03. The number of nitrogens with two attached hydrogens (primary N) is 1. The van der Waals surface area contributed by atoms with E-state index in [9.17, 15) is 0 Å². The van der Waals surface area contributed by atoms with Crippen LogP contribution < -0.4 is 16.6 Å². The van der Waals surface area contributed by atoms with Crippen molar-refractivity contribution in [1.82, 2.24) is 15.7 Å². The first-order chi connectivity index (χ1) is 7.83. The minimum absolute atomic E-state index is 0.640. The Balaban J connectivity index is 2.13. The van der Waals surface area contributed by atoms with Crippen molar-refractivity contribution < 1.29 is 0 Å². The maximum atomic E-state index is 5.19. The van der Waals surface area contributed by atoms with Crippen LogP contribution in [0.4, 0.5) is 0 Å². The van der Waals surface area contributed by atoms with E-state index in [2.05, 4.69) is 46.9 Å². The summed E-state index contributed by atoms with van der Waals surface area (Å²) < 4.78 is 0. The summed E-state index contributed by atoms with van der Waals surface area (Å²) in [4.78, 5) is 3.40. The van der Waals surface area contributed by atoms with Gasteiger partial charge in [0.15, 0.2) is 0 Å². The van der Waals surface area contributed by atoms with Gasteiger partial charge in [0.25, 0.3) is 0 Å². The fourth-order valence-electron chi connectivity index (χ4n) is 2.03. The number of fused-ring (bicyclic) bond motifs is 1. The van der Waals surface area contributed by atoms with E-state index in [0.717, 1.165) is 13.0 Å². The zero-order chi connectivity index (χ0) is 11.4. The van der Waals surface area contributed by atoms with Crippen molar-refractivity contribution in [2.45, 2.75) is 13.3 Å². The Hall–Kier alpha value is -1.36. The highest BCUT2D eigenvalue weighted by Crippen LogP contribution is 2.21. The summed E-state index contributed by atoms with van der Waals surface area (Å²) in [5.74, 6) is 5.19. The van der Waals surface area contributed by atoms with Gasteiger partial charge in [-0.2, -0.15) is 0 Å². The molecule has 4 heteroatoms.